The molecule has 2 saturated carbocycles. The maximum Gasteiger partial charge on any atom is 0.321 e. The lowest BCUT2D eigenvalue weighted by atomic mass is 9.50. The van der Waals surface area contributed by atoms with Crippen molar-refractivity contribution in [3.8, 4) is 0 Å². The molecule has 1 saturated heterocycles. The molecule has 0 bridgehead atoms. The number of nitrogens with zero attached hydrogens (tertiary/aromatic N) is 1. The first-order valence-corrected chi connectivity index (χ1v) is 13.2. The summed E-state index contributed by atoms with van der Waals surface area (Å²) in [6.45, 7) is 6.18. The number of amides is 2. The van der Waals surface area contributed by atoms with Crippen LogP contribution >= 0.6 is 0 Å². The summed E-state index contributed by atoms with van der Waals surface area (Å²) in [7, 11) is 0. The number of H-pyrrole nitrogens is 1. The molecule has 4 aliphatic rings. The monoisotopic (exact) mass is 459 g/mol. The van der Waals surface area contributed by atoms with E-state index in [-0.39, 0.29) is 17.2 Å². The summed E-state index contributed by atoms with van der Waals surface area (Å²) in [5.41, 5.74) is 3.69. The molecule has 3 aliphatic carbocycles. The zero-order valence-corrected chi connectivity index (χ0v) is 20.5. The van der Waals surface area contributed by atoms with Crippen LogP contribution in [0.3, 0.4) is 0 Å². The van der Waals surface area contributed by atoms with Gasteiger partial charge in [-0.05, 0) is 73.3 Å². The molecule has 0 spiro atoms. The molecule has 2 amide bonds. The van der Waals surface area contributed by atoms with E-state index in [9.17, 15) is 9.59 Å². The highest BCUT2D eigenvalue weighted by Gasteiger charge is 2.58. The third-order valence-corrected chi connectivity index (χ3v) is 10.1. The summed E-state index contributed by atoms with van der Waals surface area (Å²) in [5.74, 6) is 1.99. The van der Waals surface area contributed by atoms with Gasteiger partial charge in [0, 0.05) is 53.8 Å². The van der Waals surface area contributed by atoms with Gasteiger partial charge in [0.1, 0.15) is 0 Å². The van der Waals surface area contributed by atoms with Gasteiger partial charge in [-0.3, -0.25) is 9.69 Å². The van der Waals surface area contributed by atoms with Gasteiger partial charge in [-0.25, -0.2) is 4.79 Å². The number of para-hydroxylation sites is 1. The van der Waals surface area contributed by atoms with E-state index in [1.807, 2.05) is 17.2 Å². The standard InChI is InChI=1S/C29H37N3O2/c1-28-12-5-7-23(28)22-18-32(26-16-20(33)9-14-29(26,2)24(22)10-13-28)27(34)30-15-11-19-17-31-25-8-4-3-6-21(19)25/h3-4,6,8,16-17,22-24,31H,5,7,9-15,18H2,1-2H3,(H,30,34)/t22-,23-,24-,28-,29+/m0/s1. The Labute approximate surface area is 202 Å². The molecule has 1 aliphatic heterocycles. The van der Waals surface area contributed by atoms with Gasteiger partial charge >= 0.3 is 6.03 Å². The number of urea groups is 1. The van der Waals surface area contributed by atoms with Crippen molar-refractivity contribution in [3.05, 3.63) is 47.8 Å². The molecular formula is C29H37N3O2. The Bertz CT molecular complexity index is 1170. The molecule has 180 valence electrons. The molecule has 6 rings (SSSR count). The lowest BCUT2D eigenvalue weighted by Gasteiger charge is -2.59. The van der Waals surface area contributed by atoms with E-state index in [1.54, 1.807) is 6.08 Å². The molecule has 5 nitrogen and oxygen atoms in total. The molecule has 5 heteroatoms. The maximum absolute atomic E-state index is 13.6. The highest BCUT2D eigenvalue weighted by atomic mass is 16.2. The summed E-state index contributed by atoms with van der Waals surface area (Å²) in [4.78, 5) is 31.4. The molecule has 34 heavy (non-hydrogen) atoms. The van der Waals surface area contributed by atoms with Crippen LogP contribution in [-0.4, -0.2) is 34.8 Å². The number of carbonyl (C=O) groups is 2. The third-order valence-electron chi connectivity index (χ3n) is 10.1. The number of piperidine rings is 1. The van der Waals surface area contributed by atoms with Crippen molar-refractivity contribution in [1.82, 2.24) is 15.2 Å². The fourth-order valence-electron chi connectivity index (χ4n) is 8.23. The fourth-order valence-corrected chi connectivity index (χ4v) is 8.23. The van der Waals surface area contributed by atoms with Gasteiger partial charge in [0.25, 0.3) is 0 Å². The number of aromatic nitrogens is 1. The van der Waals surface area contributed by atoms with Crippen molar-refractivity contribution in [2.45, 2.75) is 65.2 Å². The predicted molar refractivity (Wildman–Crippen MR) is 134 cm³/mol. The van der Waals surface area contributed by atoms with E-state index >= 15 is 0 Å². The Balaban J connectivity index is 1.24. The number of ketones is 1. The van der Waals surface area contributed by atoms with E-state index in [0.717, 1.165) is 30.6 Å². The molecular weight excluding hydrogens is 422 g/mol. The van der Waals surface area contributed by atoms with Crippen molar-refractivity contribution < 1.29 is 9.59 Å². The van der Waals surface area contributed by atoms with Crippen molar-refractivity contribution in [1.29, 1.82) is 0 Å². The summed E-state index contributed by atoms with van der Waals surface area (Å²) in [6.07, 6.45) is 12.6. The van der Waals surface area contributed by atoms with Gasteiger partial charge < -0.3 is 10.3 Å². The Kier molecular flexibility index (Phi) is 5.16. The van der Waals surface area contributed by atoms with E-state index in [1.165, 1.54) is 43.1 Å². The van der Waals surface area contributed by atoms with Crippen LogP contribution < -0.4 is 5.32 Å². The normalized spacial score (nSPS) is 34.9. The molecule has 0 unspecified atom stereocenters. The average molecular weight is 460 g/mol. The Hall–Kier alpha value is -2.56. The quantitative estimate of drug-likeness (QED) is 0.607. The molecule has 2 N–H and O–H groups in total. The van der Waals surface area contributed by atoms with Crippen LogP contribution in [0.25, 0.3) is 10.9 Å². The second-order valence-corrected chi connectivity index (χ2v) is 11.8. The van der Waals surface area contributed by atoms with E-state index in [4.69, 9.17) is 0 Å². The molecule has 3 fully saturated rings. The van der Waals surface area contributed by atoms with Crippen molar-refractivity contribution >= 4 is 22.7 Å². The van der Waals surface area contributed by atoms with Crippen LogP contribution in [0.15, 0.2) is 42.2 Å². The van der Waals surface area contributed by atoms with Gasteiger partial charge in [-0.15, -0.1) is 0 Å². The smallest absolute Gasteiger partial charge is 0.321 e. The molecule has 1 aromatic carbocycles. The first-order chi connectivity index (χ1) is 16.4. The van der Waals surface area contributed by atoms with E-state index in [0.29, 0.717) is 36.1 Å². The second-order valence-electron chi connectivity index (χ2n) is 11.8. The van der Waals surface area contributed by atoms with E-state index in [2.05, 4.69) is 42.3 Å². The SMILES string of the molecule is C[C@@]12CCC[C@H]1[C@@H]1CN(C(=O)NCCc3c[nH]c4ccccc34)C3=CC(=O)CC[C@]3(C)[C@H]1CC2. The summed E-state index contributed by atoms with van der Waals surface area (Å²) in [5, 5.41) is 4.42. The number of carbonyl (C=O) groups excluding carboxylic acids is 2. The Morgan fingerprint density at radius 1 is 1.15 bits per heavy atom. The average Bonchev–Trinajstić information content (AvgIpc) is 3.42. The number of nitrogens with one attached hydrogen (secondary N) is 2. The molecule has 0 radical (unpaired) electrons. The lowest BCUT2D eigenvalue weighted by Crippen LogP contribution is -2.59. The highest BCUT2D eigenvalue weighted by Crippen LogP contribution is 2.63. The zero-order chi connectivity index (χ0) is 23.5. The van der Waals surface area contributed by atoms with Crippen LogP contribution in [0, 0.1) is 28.6 Å². The predicted octanol–water partition coefficient (Wildman–Crippen LogP) is 5.82. The number of allylic oxidation sites excluding steroid dienone is 2. The number of fused-ring (bicyclic) bond motifs is 6. The number of likely N-dealkylation sites (tertiary alicyclic amines) is 1. The van der Waals surface area contributed by atoms with Crippen molar-refractivity contribution in [2.75, 3.05) is 13.1 Å². The van der Waals surface area contributed by atoms with Crippen LogP contribution in [0.5, 0.6) is 0 Å². The van der Waals surface area contributed by atoms with Crippen LogP contribution in [-0.2, 0) is 11.2 Å². The Morgan fingerprint density at radius 3 is 2.88 bits per heavy atom. The van der Waals surface area contributed by atoms with Crippen LogP contribution in [0.4, 0.5) is 4.79 Å². The summed E-state index contributed by atoms with van der Waals surface area (Å²) in [6, 6.07) is 8.26. The Morgan fingerprint density at radius 2 is 2.00 bits per heavy atom. The van der Waals surface area contributed by atoms with Crippen molar-refractivity contribution in [3.63, 3.8) is 0 Å². The van der Waals surface area contributed by atoms with Gasteiger partial charge in [-0.1, -0.05) is 38.5 Å². The van der Waals surface area contributed by atoms with Gasteiger partial charge in [0.2, 0.25) is 0 Å². The van der Waals surface area contributed by atoms with Gasteiger partial charge in [0.05, 0.1) is 0 Å². The summed E-state index contributed by atoms with van der Waals surface area (Å²) >= 11 is 0. The maximum atomic E-state index is 13.6. The van der Waals surface area contributed by atoms with Gasteiger partial charge in [-0.2, -0.15) is 0 Å². The van der Waals surface area contributed by atoms with Crippen LogP contribution in [0.1, 0.15) is 64.4 Å². The largest absolute Gasteiger partial charge is 0.361 e. The molecule has 2 heterocycles. The third kappa shape index (κ3) is 3.34. The first-order valence-electron chi connectivity index (χ1n) is 13.2. The van der Waals surface area contributed by atoms with Crippen LogP contribution in [0.2, 0.25) is 0 Å². The summed E-state index contributed by atoms with van der Waals surface area (Å²) < 4.78 is 0. The molecule has 1 aromatic heterocycles. The lowest BCUT2D eigenvalue weighted by molar-refractivity contribution is -0.118. The van der Waals surface area contributed by atoms with Crippen molar-refractivity contribution in [2.24, 2.45) is 28.6 Å². The highest BCUT2D eigenvalue weighted by molar-refractivity contribution is 5.93. The number of benzene rings is 1. The molecule has 5 atom stereocenters. The zero-order valence-electron chi connectivity index (χ0n) is 20.5. The number of aromatic amines is 1. The molecule has 2 aromatic rings. The number of hydrogen-bond donors (Lipinski definition) is 2. The minimum Gasteiger partial charge on any atom is -0.361 e. The minimum absolute atomic E-state index is 0.0317. The van der Waals surface area contributed by atoms with E-state index < -0.39 is 0 Å². The minimum atomic E-state index is -0.0745. The number of rotatable bonds is 3. The fraction of sp³-hybridized carbons (Fsp3) is 0.586. The first kappa shape index (κ1) is 21.9. The van der Waals surface area contributed by atoms with Gasteiger partial charge in [0.15, 0.2) is 5.78 Å². The number of hydrogen-bond acceptors (Lipinski definition) is 2. The topological polar surface area (TPSA) is 65.2 Å². The second kappa shape index (κ2) is 8.00.